The van der Waals surface area contributed by atoms with Crippen LogP contribution in [0.1, 0.15) is 5.56 Å². The van der Waals surface area contributed by atoms with Crippen molar-refractivity contribution in [2.45, 2.75) is 30.3 Å². The third kappa shape index (κ3) is 3.39. The monoisotopic (exact) mass is 316 g/mol. The van der Waals surface area contributed by atoms with E-state index in [2.05, 4.69) is 5.10 Å². The lowest BCUT2D eigenvalue weighted by Crippen LogP contribution is -2.32. The van der Waals surface area contributed by atoms with Crippen LogP contribution >= 0.6 is 0 Å². The van der Waals surface area contributed by atoms with Gasteiger partial charge in [0.1, 0.15) is 17.9 Å². The fourth-order valence-electron chi connectivity index (χ4n) is 1.81. The number of hydrogen-bond donors (Lipinski definition) is 4. The maximum atomic E-state index is 12.0. The van der Waals surface area contributed by atoms with Crippen molar-refractivity contribution in [1.82, 2.24) is 4.83 Å². The molecule has 1 saturated heterocycles. The van der Waals surface area contributed by atoms with Crippen molar-refractivity contribution < 1.29 is 28.5 Å². The van der Waals surface area contributed by atoms with Crippen molar-refractivity contribution >= 4 is 15.7 Å². The number of aryl methyl sites for hydroxylation is 1. The molecule has 1 aromatic carbocycles. The Labute approximate surface area is 121 Å². The van der Waals surface area contributed by atoms with Crippen LogP contribution in [-0.4, -0.2) is 54.6 Å². The van der Waals surface area contributed by atoms with Gasteiger partial charge in [-0.1, -0.05) is 17.7 Å². The molecular weight excluding hydrogens is 300 g/mol. The van der Waals surface area contributed by atoms with Gasteiger partial charge in [-0.05, 0) is 19.1 Å². The molecule has 0 amide bonds. The summed E-state index contributed by atoms with van der Waals surface area (Å²) in [6, 6.07) is 6.10. The second-order valence-corrected chi connectivity index (χ2v) is 6.25. The third-order valence-electron chi connectivity index (χ3n) is 3.00. The van der Waals surface area contributed by atoms with E-state index in [1.165, 1.54) is 12.1 Å². The number of aliphatic hydroxyl groups is 3. The minimum Gasteiger partial charge on any atom is -0.393 e. The quantitative estimate of drug-likeness (QED) is 0.511. The summed E-state index contributed by atoms with van der Waals surface area (Å²) in [7, 11) is -3.90. The summed E-state index contributed by atoms with van der Waals surface area (Å²) in [5.41, 5.74) is 0.726. The first-order valence-corrected chi connectivity index (χ1v) is 7.62. The average Bonchev–Trinajstić information content (AvgIpc) is 2.72. The summed E-state index contributed by atoms with van der Waals surface area (Å²) in [6.07, 6.45) is -4.11. The van der Waals surface area contributed by atoms with Gasteiger partial charge in [-0.15, -0.1) is 0 Å². The lowest BCUT2D eigenvalue weighted by Gasteiger charge is -2.09. The molecule has 9 heteroatoms. The maximum Gasteiger partial charge on any atom is 0.276 e. The fraction of sp³-hybridized carbons (Fsp3) is 0.417. The minimum atomic E-state index is -3.90. The van der Waals surface area contributed by atoms with Gasteiger partial charge in [-0.25, -0.2) is 0 Å². The predicted molar refractivity (Wildman–Crippen MR) is 72.9 cm³/mol. The first-order chi connectivity index (χ1) is 9.85. The van der Waals surface area contributed by atoms with Gasteiger partial charge in [0.05, 0.1) is 11.5 Å². The van der Waals surface area contributed by atoms with Crippen LogP contribution in [0.2, 0.25) is 0 Å². The molecule has 0 bridgehead atoms. The van der Waals surface area contributed by atoms with Gasteiger partial charge in [-0.3, -0.25) is 0 Å². The van der Waals surface area contributed by atoms with Crippen molar-refractivity contribution in [1.29, 1.82) is 0 Å². The second-order valence-electron chi connectivity index (χ2n) is 4.59. The molecule has 0 saturated carbocycles. The summed E-state index contributed by atoms with van der Waals surface area (Å²) in [5, 5.41) is 31.5. The summed E-state index contributed by atoms with van der Waals surface area (Å²) < 4.78 is 28.8. The summed E-state index contributed by atoms with van der Waals surface area (Å²) in [4.78, 5) is 1.96. The Morgan fingerprint density at radius 1 is 1.29 bits per heavy atom. The molecule has 4 N–H and O–H groups in total. The molecule has 0 radical (unpaired) electrons. The minimum absolute atomic E-state index is 0.00644. The molecule has 2 rings (SSSR count). The largest absolute Gasteiger partial charge is 0.393 e. The number of benzene rings is 1. The van der Waals surface area contributed by atoms with Crippen LogP contribution in [0.4, 0.5) is 0 Å². The standard InChI is InChI=1S/C12H16N2O6S/c1-7-2-4-8(5-3-7)21(18,19)14-13-10-9(6-15)20-12(17)11(10)16/h2-5,9,11-12,14-17H,6H2,1H3/t9-,11-,12?/m1/s1. The van der Waals surface area contributed by atoms with E-state index in [-0.39, 0.29) is 10.6 Å². The highest BCUT2D eigenvalue weighted by Gasteiger charge is 2.39. The topological polar surface area (TPSA) is 128 Å². The van der Waals surface area contributed by atoms with Crippen LogP contribution < -0.4 is 4.83 Å². The van der Waals surface area contributed by atoms with Crippen LogP contribution in [-0.2, 0) is 14.8 Å². The molecule has 1 aliphatic rings. The highest BCUT2D eigenvalue weighted by molar-refractivity contribution is 7.89. The van der Waals surface area contributed by atoms with Gasteiger partial charge < -0.3 is 20.1 Å². The van der Waals surface area contributed by atoms with E-state index in [1.54, 1.807) is 12.1 Å². The van der Waals surface area contributed by atoms with E-state index in [1.807, 2.05) is 11.8 Å². The van der Waals surface area contributed by atoms with Crippen LogP contribution in [0, 0.1) is 6.92 Å². The van der Waals surface area contributed by atoms with Gasteiger partial charge in [0.25, 0.3) is 10.0 Å². The Kier molecular flexibility index (Phi) is 4.59. The van der Waals surface area contributed by atoms with Gasteiger partial charge in [0.15, 0.2) is 6.29 Å². The highest BCUT2D eigenvalue weighted by atomic mass is 32.2. The molecule has 1 heterocycles. The molecule has 0 spiro atoms. The number of nitrogens with one attached hydrogen (secondary N) is 1. The van der Waals surface area contributed by atoms with Crippen molar-refractivity contribution in [3.63, 3.8) is 0 Å². The van der Waals surface area contributed by atoms with E-state index >= 15 is 0 Å². The Morgan fingerprint density at radius 3 is 2.48 bits per heavy atom. The van der Waals surface area contributed by atoms with Crippen molar-refractivity contribution in [2.75, 3.05) is 6.61 Å². The predicted octanol–water partition coefficient (Wildman–Crippen LogP) is -1.30. The summed E-state index contributed by atoms with van der Waals surface area (Å²) in [5.74, 6) is 0. The van der Waals surface area contributed by atoms with Gasteiger partial charge in [0, 0.05) is 0 Å². The van der Waals surface area contributed by atoms with Gasteiger partial charge in [-0.2, -0.15) is 18.4 Å². The van der Waals surface area contributed by atoms with E-state index in [0.717, 1.165) is 5.56 Å². The Bertz CT molecular complexity index is 628. The van der Waals surface area contributed by atoms with Crippen LogP contribution in [0.3, 0.4) is 0 Å². The molecule has 1 aromatic rings. The number of ether oxygens (including phenoxy) is 1. The van der Waals surface area contributed by atoms with Crippen LogP contribution in [0.15, 0.2) is 34.3 Å². The van der Waals surface area contributed by atoms with Crippen LogP contribution in [0.25, 0.3) is 0 Å². The number of aliphatic hydroxyl groups excluding tert-OH is 3. The molecular formula is C12H16N2O6S. The summed E-state index contributed by atoms with van der Waals surface area (Å²) in [6.45, 7) is 1.28. The average molecular weight is 316 g/mol. The molecule has 1 fully saturated rings. The van der Waals surface area contributed by atoms with E-state index in [9.17, 15) is 18.6 Å². The van der Waals surface area contributed by atoms with Crippen molar-refractivity contribution in [3.8, 4) is 0 Å². The number of hydrazone groups is 1. The van der Waals surface area contributed by atoms with Crippen LogP contribution in [0.5, 0.6) is 0 Å². The zero-order chi connectivity index (χ0) is 15.6. The number of nitrogens with zero attached hydrogens (tertiary/aromatic N) is 1. The summed E-state index contributed by atoms with van der Waals surface area (Å²) >= 11 is 0. The Balaban J connectivity index is 2.20. The maximum absolute atomic E-state index is 12.0. The van der Waals surface area contributed by atoms with E-state index in [4.69, 9.17) is 9.84 Å². The molecule has 21 heavy (non-hydrogen) atoms. The zero-order valence-corrected chi connectivity index (χ0v) is 12.0. The molecule has 0 aromatic heterocycles. The smallest absolute Gasteiger partial charge is 0.276 e. The van der Waals surface area contributed by atoms with E-state index < -0.39 is 35.1 Å². The number of hydrogen-bond acceptors (Lipinski definition) is 7. The van der Waals surface area contributed by atoms with Gasteiger partial charge >= 0.3 is 0 Å². The van der Waals surface area contributed by atoms with Crippen molar-refractivity contribution in [2.24, 2.45) is 5.10 Å². The molecule has 3 atom stereocenters. The zero-order valence-electron chi connectivity index (χ0n) is 11.2. The first kappa shape index (κ1) is 15.9. The highest BCUT2D eigenvalue weighted by Crippen LogP contribution is 2.17. The third-order valence-corrected chi connectivity index (χ3v) is 4.22. The molecule has 8 nitrogen and oxygen atoms in total. The van der Waals surface area contributed by atoms with Gasteiger partial charge in [0.2, 0.25) is 0 Å². The normalized spacial score (nSPS) is 28.0. The van der Waals surface area contributed by atoms with E-state index in [0.29, 0.717) is 0 Å². The molecule has 116 valence electrons. The first-order valence-electron chi connectivity index (χ1n) is 6.13. The second kappa shape index (κ2) is 6.08. The SMILES string of the molecule is Cc1ccc(S(=O)(=O)NN=C2[C@@H](O)C(O)O[C@@H]2CO)cc1. The van der Waals surface area contributed by atoms with Crippen molar-refractivity contribution in [3.05, 3.63) is 29.8 Å². The lowest BCUT2D eigenvalue weighted by molar-refractivity contribution is -0.132. The molecule has 1 aliphatic heterocycles. The Hall–Kier alpha value is -1.52. The number of sulfonamides is 1. The molecule has 0 aliphatic carbocycles. The Morgan fingerprint density at radius 2 is 1.90 bits per heavy atom. The number of rotatable bonds is 4. The fourth-order valence-corrected chi connectivity index (χ4v) is 2.63. The lowest BCUT2D eigenvalue weighted by atomic mass is 10.2. The molecule has 1 unspecified atom stereocenters.